The molecule has 1 fully saturated rings. The van der Waals surface area contributed by atoms with E-state index in [0.717, 1.165) is 6.54 Å². The van der Waals surface area contributed by atoms with E-state index in [0.29, 0.717) is 5.92 Å². The van der Waals surface area contributed by atoms with E-state index in [4.69, 9.17) is 0 Å². The van der Waals surface area contributed by atoms with Crippen molar-refractivity contribution in [1.29, 1.82) is 0 Å². The van der Waals surface area contributed by atoms with Gasteiger partial charge in [0.2, 0.25) is 0 Å². The third-order valence-electron chi connectivity index (χ3n) is 5.56. The van der Waals surface area contributed by atoms with E-state index in [2.05, 4.69) is 66.4 Å². The molecule has 1 saturated heterocycles. The third kappa shape index (κ3) is 2.03. The maximum Gasteiger partial charge on any atom is 0.0435 e. The Hall–Kier alpha value is -1.60. The van der Waals surface area contributed by atoms with Crippen LogP contribution in [0.15, 0.2) is 54.6 Å². The predicted octanol–water partition coefficient (Wildman–Crippen LogP) is 4.53. The Kier molecular flexibility index (Phi) is 3.11. The molecule has 0 unspecified atom stereocenters. The molecule has 21 heavy (non-hydrogen) atoms. The van der Waals surface area contributed by atoms with Crippen molar-refractivity contribution in [2.75, 3.05) is 13.1 Å². The molecule has 1 nitrogen and oxygen atoms in total. The van der Waals surface area contributed by atoms with Gasteiger partial charge in [0.15, 0.2) is 0 Å². The van der Waals surface area contributed by atoms with Gasteiger partial charge in [-0.05, 0) is 43.0 Å². The van der Waals surface area contributed by atoms with Crippen LogP contribution in [0.4, 0.5) is 0 Å². The quantitative estimate of drug-likeness (QED) is 0.740. The van der Waals surface area contributed by atoms with Crippen molar-refractivity contribution >= 4 is 0 Å². The minimum atomic E-state index is 0.250. The zero-order chi connectivity index (χ0) is 14.3. The molecular weight excluding hydrogens is 254 g/mol. The minimum Gasteiger partial charge on any atom is -0.293 e. The fourth-order valence-corrected chi connectivity index (χ4v) is 4.35. The monoisotopic (exact) mass is 277 g/mol. The van der Waals surface area contributed by atoms with E-state index in [9.17, 15) is 0 Å². The molecule has 1 heteroatoms. The van der Waals surface area contributed by atoms with Gasteiger partial charge in [-0.2, -0.15) is 0 Å². The van der Waals surface area contributed by atoms with Gasteiger partial charge in [0, 0.05) is 18.0 Å². The summed E-state index contributed by atoms with van der Waals surface area (Å²) in [4.78, 5) is 2.73. The first kappa shape index (κ1) is 13.1. The highest BCUT2D eigenvalue weighted by atomic mass is 15.2. The van der Waals surface area contributed by atoms with Crippen LogP contribution in [-0.4, -0.2) is 18.0 Å². The van der Waals surface area contributed by atoms with Gasteiger partial charge in [-0.15, -0.1) is 0 Å². The average molecular weight is 277 g/mol. The maximum atomic E-state index is 2.73. The molecule has 0 saturated carbocycles. The van der Waals surface area contributed by atoms with Crippen LogP contribution in [-0.2, 0) is 5.54 Å². The van der Waals surface area contributed by atoms with Crippen LogP contribution in [0, 0.1) is 0 Å². The summed E-state index contributed by atoms with van der Waals surface area (Å²) in [6.07, 6.45) is 4.00. The van der Waals surface area contributed by atoms with Crippen molar-refractivity contribution < 1.29 is 0 Å². The zero-order valence-corrected chi connectivity index (χ0v) is 12.8. The topological polar surface area (TPSA) is 3.24 Å². The Bertz CT molecular complexity index is 633. The Morgan fingerprint density at radius 1 is 0.952 bits per heavy atom. The maximum absolute atomic E-state index is 2.73. The van der Waals surface area contributed by atoms with Crippen LogP contribution < -0.4 is 0 Å². The molecule has 0 amide bonds. The Morgan fingerprint density at radius 3 is 2.57 bits per heavy atom. The van der Waals surface area contributed by atoms with Crippen molar-refractivity contribution in [1.82, 2.24) is 4.90 Å². The average Bonchev–Trinajstić information content (AvgIpc) is 2.55. The molecule has 2 aromatic rings. The summed E-state index contributed by atoms with van der Waals surface area (Å²) >= 11 is 0. The Labute approximate surface area is 127 Å². The van der Waals surface area contributed by atoms with Crippen molar-refractivity contribution in [2.45, 2.75) is 37.6 Å². The van der Waals surface area contributed by atoms with Gasteiger partial charge in [0.05, 0.1) is 0 Å². The van der Waals surface area contributed by atoms with Gasteiger partial charge < -0.3 is 0 Å². The molecule has 0 aromatic heterocycles. The molecule has 0 aliphatic carbocycles. The zero-order valence-electron chi connectivity index (χ0n) is 12.8. The van der Waals surface area contributed by atoms with Crippen LogP contribution in [0.5, 0.6) is 0 Å². The summed E-state index contributed by atoms with van der Waals surface area (Å²) in [5.41, 5.74) is 4.81. The van der Waals surface area contributed by atoms with Crippen LogP contribution in [0.2, 0.25) is 0 Å². The highest BCUT2D eigenvalue weighted by Gasteiger charge is 2.43. The van der Waals surface area contributed by atoms with Crippen LogP contribution in [0.3, 0.4) is 0 Å². The molecule has 108 valence electrons. The van der Waals surface area contributed by atoms with Gasteiger partial charge in [-0.3, -0.25) is 4.90 Å². The first-order valence-electron chi connectivity index (χ1n) is 8.18. The number of hydrogen-bond donors (Lipinski definition) is 0. The lowest BCUT2D eigenvalue weighted by molar-refractivity contribution is 0.0434. The number of benzene rings is 2. The standard InChI is InChI=1S/C20H23N/c1-20-13-7-8-14-21(20)15-18(16-9-3-2-4-10-16)17-11-5-6-12-19(17)20/h2-6,9-12,18H,7-8,13-15H2,1H3/t18-,20+/m1/s1. The van der Waals surface area contributed by atoms with Gasteiger partial charge in [-0.25, -0.2) is 0 Å². The van der Waals surface area contributed by atoms with E-state index in [1.165, 1.54) is 31.4 Å². The normalized spacial score (nSPS) is 28.7. The van der Waals surface area contributed by atoms with E-state index < -0.39 is 0 Å². The van der Waals surface area contributed by atoms with E-state index >= 15 is 0 Å². The summed E-state index contributed by atoms with van der Waals surface area (Å²) in [6.45, 7) is 4.86. The summed E-state index contributed by atoms with van der Waals surface area (Å²) < 4.78 is 0. The van der Waals surface area contributed by atoms with Crippen molar-refractivity contribution in [3.8, 4) is 0 Å². The lowest BCUT2D eigenvalue weighted by atomic mass is 9.72. The lowest BCUT2D eigenvalue weighted by Gasteiger charge is -2.51. The third-order valence-corrected chi connectivity index (χ3v) is 5.56. The number of nitrogens with zero attached hydrogens (tertiary/aromatic N) is 1. The highest BCUT2D eigenvalue weighted by molar-refractivity contribution is 5.44. The molecular formula is C20H23N. The van der Waals surface area contributed by atoms with Crippen LogP contribution in [0.1, 0.15) is 48.8 Å². The second-order valence-corrected chi connectivity index (χ2v) is 6.73. The highest BCUT2D eigenvalue weighted by Crippen LogP contribution is 2.46. The first-order valence-corrected chi connectivity index (χ1v) is 8.18. The molecule has 2 heterocycles. The minimum absolute atomic E-state index is 0.250. The van der Waals surface area contributed by atoms with Crippen molar-refractivity contribution in [3.63, 3.8) is 0 Å². The number of rotatable bonds is 1. The van der Waals surface area contributed by atoms with Crippen LogP contribution in [0.25, 0.3) is 0 Å². The lowest BCUT2D eigenvalue weighted by Crippen LogP contribution is -2.52. The molecule has 0 N–H and O–H groups in total. The second-order valence-electron chi connectivity index (χ2n) is 6.73. The Balaban J connectivity index is 1.86. The summed E-state index contributed by atoms with van der Waals surface area (Å²) in [5.74, 6) is 0.522. The molecule has 0 spiro atoms. The molecule has 2 aliphatic rings. The van der Waals surface area contributed by atoms with Crippen molar-refractivity contribution in [2.24, 2.45) is 0 Å². The SMILES string of the molecule is C[C@@]12CCCCN1C[C@H](c1ccccc1)c1ccccc12. The number of fused-ring (bicyclic) bond motifs is 3. The van der Waals surface area contributed by atoms with Crippen molar-refractivity contribution in [3.05, 3.63) is 71.3 Å². The Morgan fingerprint density at radius 2 is 1.71 bits per heavy atom. The summed E-state index contributed by atoms with van der Waals surface area (Å²) in [6, 6.07) is 20.2. The van der Waals surface area contributed by atoms with E-state index in [1.807, 2.05) is 0 Å². The molecule has 2 atom stereocenters. The first-order chi connectivity index (χ1) is 10.3. The summed E-state index contributed by atoms with van der Waals surface area (Å²) in [5, 5.41) is 0. The van der Waals surface area contributed by atoms with Gasteiger partial charge in [0.25, 0.3) is 0 Å². The van der Waals surface area contributed by atoms with E-state index in [-0.39, 0.29) is 5.54 Å². The predicted molar refractivity (Wildman–Crippen MR) is 87.5 cm³/mol. The summed E-state index contributed by atoms with van der Waals surface area (Å²) in [7, 11) is 0. The molecule has 4 rings (SSSR count). The van der Waals surface area contributed by atoms with Gasteiger partial charge in [-0.1, -0.05) is 61.0 Å². The fourth-order valence-electron chi connectivity index (χ4n) is 4.35. The number of piperidine rings is 1. The fraction of sp³-hybridized carbons (Fsp3) is 0.400. The van der Waals surface area contributed by atoms with Crippen LogP contribution >= 0.6 is 0 Å². The molecule has 2 aliphatic heterocycles. The smallest absolute Gasteiger partial charge is 0.0435 e. The van der Waals surface area contributed by atoms with E-state index in [1.54, 1.807) is 11.1 Å². The molecule has 2 aromatic carbocycles. The second kappa shape index (κ2) is 4.99. The van der Waals surface area contributed by atoms with Gasteiger partial charge in [0.1, 0.15) is 0 Å². The van der Waals surface area contributed by atoms with Gasteiger partial charge >= 0.3 is 0 Å². The molecule has 0 bridgehead atoms. The largest absolute Gasteiger partial charge is 0.293 e. The molecule has 0 radical (unpaired) electrons. The number of hydrogen-bond acceptors (Lipinski definition) is 1.